The normalized spacial score (nSPS) is 18.7. The Bertz CT molecular complexity index is 981. The maximum atomic E-state index is 12.6. The number of amides is 3. The van der Waals surface area contributed by atoms with E-state index < -0.39 is 11.6 Å². The van der Waals surface area contributed by atoms with Crippen molar-refractivity contribution in [3.63, 3.8) is 0 Å². The van der Waals surface area contributed by atoms with Crippen molar-refractivity contribution in [1.82, 2.24) is 15.3 Å². The highest BCUT2D eigenvalue weighted by Crippen LogP contribution is 2.29. The molecule has 0 spiro atoms. The van der Waals surface area contributed by atoms with Gasteiger partial charge in [0.15, 0.2) is 0 Å². The molecule has 0 bridgehead atoms. The lowest BCUT2D eigenvalue weighted by atomic mass is 9.99. The molecule has 29 heavy (non-hydrogen) atoms. The van der Waals surface area contributed by atoms with Gasteiger partial charge in [0.1, 0.15) is 11.3 Å². The van der Waals surface area contributed by atoms with E-state index in [0.717, 1.165) is 16.9 Å². The number of rotatable bonds is 6. The summed E-state index contributed by atoms with van der Waals surface area (Å²) in [5, 5.41) is 11.8. The molecule has 1 saturated heterocycles. The van der Waals surface area contributed by atoms with Crippen LogP contribution in [0.25, 0.3) is 0 Å². The summed E-state index contributed by atoms with van der Waals surface area (Å²) in [5.41, 5.74) is 0.793. The number of carbonyl (C=O) groups is 2. The van der Waals surface area contributed by atoms with E-state index >= 15 is 0 Å². The van der Waals surface area contributed by atoms with Crippen LogP contribution in [0, 0.1) is 17.2 Å². The first-order chi connectivity index (χ1) is 13.8. The Labute approximate surface area is 169 Å². The molecule has 8 heteroatoms. The lowest BCUT2D eigenvalue weighted by Gasteiger charge is -2.19. The molecule has 8 nitrogen and oxygen atoms in total. The van der Waals surface area contributed by atoms with Crippen molar-refractivity contribution in [3.05, 3.63) is 41.7 Å². The third-order valence-corrected chi connectivity index (χ3v) is 4.86. The summed E-state index contributed by atoms with van der Waals surface area (Å²) in [4.78, 5) is 34.2. The monoisotopic (exact) mass is 393 g/mol. The third kappa shape index (κ3) is 4.04. The number of nitriles is 1. The number of anilines is 1. The highest BCUT2D eigenvalue weighted by molar-refractivity contribution is 6.23. The van der Waals surface area contributed by atoms with Crippen molar-refractivity contribution >= 4 is 17.6 Å². The van der Waals surface area contributed by atoms with Crippen molar-refractivity contribution in [2.45, 2.75) is 46.1 Å². The van der Waals surface area contributed by atoms with Crippen LogP contribution in [0.2, 0.25) is 0 Å². The number of aromatic nitrogens is 2. The molecule has 3 amide bonds. The summed E-state index contributed by atoms with van der Waals surface area (Å²) >= 11 is 0. The van der Waals surface area contributed by atoms with E-state index in [1.807, 2.05) is 6.92 Å². The predicted molar refractivity (Wildman–Crippen MR) is 107 cm³/mol. The second kappa shape index (κ2) is 7.87. The number of ether oxygens (including phenoxy) is 1. The quantitative estimate of drug-likeness (QED) is 0.752. The van der Waals surface area contributed by atoms with Gasteiger partial charge in [0.25, 0.3) is 5.91 Å². The van der Waals surface area contributed by atoms with E-state index in [1.54, 1.807) is 25.1 Å². The summed E-state index contributed by atoms with van der Waals surface area (Å²) < 4.78 is 5.81. The average molecular weight is 393 g/mol. The first kappa shape index (κ1) is 20.3. The summed E-state index contributed by atoms with van der Waals surface area (Å²) in [6, 6.07) is 6.91. The minimum Gasteiger partial charge on any atom is -0.424 e. The molecule has 1 aliphatic rings. The zero-order chi connectivity index (χ0) is 21.2. The molecule has 0 aliphatic carbocycles. The topological polar surface area (TPSA) is 108 Å². The maximum absolute atomic E-state index is 12.6. The number of nitrogens with zero attached hydrogens (tertiary/aromatic N) is 4. The fourth-order valence-electron chi connectivity index (χ4n) is 3.08. The van der Waals surface area contributed by atoms with E-state index in [0.29, 0.717) is 23.7 Å². The molecule has 3 rings (SSSR count). The van der Waals surface area contributed by atoms with Gasteiger partial charge in [-0.25, -0.2) is 19.7 Å². The molecule has 1 atom stereocenters. The van der Waals surface area contributed by atoms with Crippen LogP contribution in [-0.2, 0) is 11.2 Å². The van der Waals surface area contributed by atoms with E-state index in [-0.39, 0.29) is 17.6 Å². The Morgan fingerprint density at radius 3 is 2.52 bits per heavy atom. The Hall–Kier alpha value is -3.47. The van der Waals surface area contributed by atoms with Crippen molar-refractivity contribution < 1.29 is 14.3 Å². The smallest absolute Gasteiger partial charge is 0.329 e. The number of benzene rings is 1. The number of carbonyl (C=O) groups excluding carboxylic acids is 2. The second-order valence-corrected chi connectivity index (χ2v) is 7.61. The fraction of sp³-hybridized carbons (Fsp3) is 0.381. The summed E-state index contributed by atoms with van der Waals surface area (Å²) in [6.07, 6.45) is 3.98. The molecular weight excluding hydrogens is 370 g/mol. The molecule has 2 aromatic rings. The second-order valence-electron chi connectivity index (χ2n) is 7.61. The van der Waals surface area contributed by atoms with Gasteiger partial charge in [-0.15, -0.1) is 0 Å². The van der Waals surface area contributed by atoms with Gasteiger partial charge in [-0.2, -0.15) is 5.26 Å². The minimum atomic E-state index is -0.930. The highest BCUT2D eigenvalue weighted by Gasteiger charge is 2.47. The van der Waals surface area contributed by atoms with Crippen molar-refractivity contribution in [2.75, 3.05) is 4.90 Å². The highest BCUT2D eigenvalue weighted by atomic mass is 16.5. The van der Waals surface area contributed by atoms with E-state index in [4.69, 9.17) is 10.00 Å². The van der Waals surface area contributed by atoms with Gasteiger partial charge >= 0.3 is 12.0 Å². The van der Waals surface area contributed by atoms with Gasteiger partial charge in [-0.05, 0) is 49.4 Å². The van der Waals surface area contributed by atoms with E-state index in [2.05, 4.69) is 35.2 Å². The van der Waals surface area contributed by atoms with Crippen LogP contribution in [0.4, 0.5) is 10.5 Å². The van der Waals surface area contributed by atoms with Crippen LogP contribution in [0.15, 0.2) is 30.6 Å². The Balaban J connectivity index is 1.83. The van der Waals surface area contributed by atoms with Gasteiger partial charge in [0.05, 0.1) is 29.7 Å². The van der Waals surface area contributed by atoms with Crippen LogP contribution in [0.1, 0.15) is 45.2 Å². The lowest BCUT2D eigenvalue weighted by molar-refractivity contribution is -0.121. The summed E-state index contributed by atoms with van der Waals surface area (Å²) in [5.74, 6) is 0.606. The van der Waals surface area contributed by atoms with Gasteiger partial charge in [0, 0.05) is 0 Å². The number of hydrogen-bond donors (Lipinski definition) is 1. The fourth-order valence-corrected chi connectivity index (χ4v) is 3.08. The van der Waals surface area contributed by atoms with Gasteiger partial charge < -0.3 is 10.1 Å². The molecule has 1 fully saturated rings. The number of hydrogen-bond acceptors (Lipinski definition) is 6. The standard InChI is InChI=1S/C21H23N5O3/c1-5-21(4)18(27)26(20(28)25-21)16-11-23-19(24-12-16)29-17-7-6-14(10-22)9-15(17)8-13(2)3/h6-7,9,11-13H,5,8H2,1-4H3,(H,25,28)/t21-/m1/s1. The molecule has 150 valence electrons. The average Bonchev–Trinajstić information content (AvgIpc) is 2.92. The third-order valence-electron chi connectivity index (χ3n) is 4.86. The molecule has 0 unspecified atom stereocenters. The number of nitrogens with one attached hydrogen (secondary N) is 1. The van der Waals surface area contributed by atoms with Crippen molar-refractivity contribution in [2.24, 2.45) is 5.92 Å². The minimum absolute atomic E-state index is 0.0915. The molecule has 1 aliphatic heterocycles. The largest absolute Gasteiger partial charge is 0.424 e. The Morgan fingerprint density at radius 2 is 1.97 bits per heavy atom. The molecule has 1 N–H and O–H groups in total. The first-order valence-corrected chi connectivity index (χ1v) is 9.47. The lowest BCUT2D eigenvalue weighted by Crippen LogP contribution is -2.43. The number of imide groups is 1. The predicted octanol–water partition coefficient (Wildman–Crippen LogP) is 3.56. The molecule has 0 saturated carbocycles. The first-order valence-electron chi connectivity index (χ1n) is 9.47. The van der Waals surface area contributed by atoms with Crippen molar-refractivity contribution in [3.8, 4) is 17.8 Å². The van der Waals surface area contributed by atoms with Gasteiger partial charge in [0.2, 0.25) is 0 Å². The molecular formula is C21H23N5O3. The van der Waals surface area contributed by atoms with Crippen LogP contribution >= 0.6 is 0 Å². The number of urea groups is 1. The molecule has 0 radical (unpaired) electrons. The SMILES string of the molecule is CC[C@@]1(C)NC(=O)N(c2cnc(Oc3ccc(C#N)cc3CC(C)C)nc2)C1=O. The van der Waals surface area contributed by atoms with Crippen LogP contribution in [0.5, 0.6) is 11.8 Å². The Kier molecular flexibility index (Phi) is 5.50. The maximum Gasteiger partial charge on any atom is 0.329 e. The zero-order valence-corrected chi connectivity index (χ0v) is 16.9. The van der Waals surface area contributed by atoms with Crippen LogP contribution in [0.3, 0.4) is 0 Å². The van der Waals surface area contributed by atoms with Gasteiger partial charge in [-0.3, -0.25) is 4.79 Å². The molecule has 2 heterocycles. The summed E-state index contributed by atoms with van der Waals surface area (Å²) in [7, 11) is 0. The van der Waals surface area contributed by atoms with Gasteiger partial charge in [-0.1, -0.05) is 20.8 Å². The molecule has 1 aromatic heterocycles. The summed E-state index contributed by atoms with van der Waals surface area (Å²) in [6.45, 7) is 7.68. The Morgan fingerprint density at radius 1 is 1.28 bits per heavy atom. The van der Waals surface area contributed by atoms with Crippen LogP contribution < -0.4 is 15.0 Å². The van der Waals surface area contributed by atoms with E-state index in [1.165, 1.54) is 12.4 Å². The molecule has 1 aromatic carbocycles. The van der Waals surface area contributed by atoms with E-state index in [9.17, 15) is 9.59 Å². The zero-order valence-electron chi connectivity index (χ0n) is 16.9. The van der Waals surface area contributed by atoms with Crippen LogP contribution in [-0.4, -0.2) is 27.4 Å². The van der Waals surface area contributed by atoms with Crippen molar-refractivity contribution in [1.29, 1.82) is 5.26 Å².